The molecule has 2 aliphatic heterocycles. The van der Waals surface area contributed by atoms with E-state index < -0.39 is 10.2 Å². The van der Waals surface area contributed by atoms with Gasteiger partial charge in [0, 0.05) is 26.2 Å². The van der Waals surface area contributed by atoms with E-state index in [0.29, 0.717) is 19.6 Å². The molecule has 0 bridgehead atoms. The van der Waals surface area contributed by atoms with Crippen LogP contribution < -0.4 is 4.31 Å². The highest BCUT2D eigenvalue weighted by Gasteiger charge is 2.34. The van der Waals surface area contributed by atoms with Gasteiger partial charge in [0.25, 0.3) is 0 Å². The molecule has 1 fully saturated rings. The summed E-state index contributed by atoms with van der Waals surface area (Å²) >= 11 is 0. The van der Waals surface area contributed by atoms with Gasteiger partial charge in [-0.15, -0.1) is 0 Å². The van der Waals surface area contributed by atoms with Crippen molar-refractivity contribution < 1.29 is 13.5 Å². The van der Waals surface area contributed by atoms with Crippen molar-refractivity contribution in [2.45, 2.75) is 25.7 Å². The number of benzene rings is 1. The average Bonchev–Trinajstić information content (AvgIpc) is 2.54. The molecule has 0 aliphatic carbocycles. The van der Waals surface area contributed by atoms with Crippen LogP contribution in [0.5, 0.6) is 0 Å². The fraction of sp³-hybridized carbons (Fsp3) is 0.600. The molecule has 0 radical (unpaired) electrons. The van der Waals surface area contributed by atoms with Crippen molar-refractivity contribution in [2.75, 3.05) is 30.5 Å². The lowest BCUT2D eigenvalue weighted by Gasteiger charge is -2.37. The van der Waals surface area contributed by atoms with E-state index in [1.54, 1.807) is 8.61 Å². The van der Waals surface area contributed by atoms with E-state index >= 15 is 0 Å². The maximum absolute atomic E-state index is 12.9. The smallest absolute Gasteiger partial charge is 0.304 e. The number of rotatable bonds is 3. The van der Waals surface area contributed by atoms with Crippen LogP contribution in [0, 0.1) is 5.92 Å². The van der Waals surface area contributed by atoms with Crippen LogP contribution >= 0.6 is 0 Å². The molecule has 1 N–H and O–H groups in total. The summed E-state index contributed by atoms with van der Waals surface area (Å²) in [6.45, 7) is 1.72. The van der Waals surface area contributed by atoms with Gasteiger partial charge in [0.15, 0.2) is 0 Å². The number of hydrogen-bond acceptors (Lipinski definition) is 3. The number of aryl methyl sites for hydroxylation is 1. The summed E-state index contributed by atoms with van der Waals surface area (Å²) in [4.78, 5) is 0. The number of para-hydroxylation sites is 1. The number of aliphatic hydroxyl groups is 1. The third kappa shape index (κ3) is 2.80. The molecule has 116 valence electrons. The molecule has 21 heavy (non-hydrogen) atoms. The van der Waals surface area contributed by atoms with E-state index in [2.05, 4.69) is 0 Å². The van der Waals surface area contributed by atoms with Crippen LogP contribution in [0.1, 0.15) is 24.8 Å². The summed E-state index contributed by atoms with van der Waals surface area (Å²) in [5.74, 6) is 0.241. The molecule has 1 saturated heterocycles. The van der Waals surface area contributed by atoms with Gasteiger partial charge in [-0.25, -0.2) is 0 Å². The van der Waals surface area contributed by atoms with E-state index in [0.717, 1.165) is 36.9 Å². The predicted octanol–water partition coefficient (Wildman–Crippen LogP) is 1.39. The Labute approximate surface area is 126 Å². The minimum atomic E-state index is -3.45. The Bertz CT molecular complexity index is 595. The van der Waals surface area contributed by atoms with Gasteiger partial charge in [0.1, 0.15) is 0 Å². The van der Waals surface area contributed by atoms with Gasteiger partial charge >= 0.3 is 10.2 Å². The Hall–Kier alpha value is -1.11. The van der Waals surface area contributed by atoms with Gasteiger partial charge in [-0.2, -0.15) is 12.7 Å². The Kier molecular flexibility index (Phi) is 4.19. The minimum absolute atomic E-state index is 0.153. The molecule has 3 rings (SSSR count). The van der Waals surface area contributed by atoms with E-state index in [9.17, 15) is 13.5 Å². The van der Waals surface area contributed by atoms with Gasteiger partial charge in [0.05, 0.1) is 5.69 Å². The van der Waals surface area contributed by atoms with Crippen LogP contribution in [0.15, 0.2) is 24.3 Å². The molecule has 0 unspecified atom stereocenters. The van der Waals surface area contributed by atoms with Crippen LogP contribution in [0.4, 0.5) is 5.69 Å². The third-order valence-electron chi connectivity index (χ3n) is 4.50. The minimum Gasteiger partial charge on any atom is -0.396 e. The van der Waals surface area contributed by atoms with E-state index in [1.807, 2.05) is 24.3 Å². The summed E-state index contributed by atoms with van der Waals surface area (Å²) in [6.07, 6.45) is 3.29. The van der Waals surface area contributed by atoms with Gasteiger partial charge in [-0.1, -0.05) is 18.2 Å². The van der Waals surface area contributed by atoms with Crippen molar-refractivity contribution >= 4 is 15.9 Å². The van der Waals surface area contributed by atoms with Crippen LogP contribution in [-0.4, -0.2) is 44.1 Å². The van der Waals surface area contributed by atoms with Gasteiger partial charge in [-0.3, -0.25) is 4.31 Å². The molecule has 0 atom stereocenters. The summed E-state index contributed by atoms with van der Waals surface area (Å²) in [7, 11) is -3.45. The van der Waals surface area contributed by atoms with Gasteiger partial charge in [-0.05, 0) is 43.2 Å². The predicted molar refractivity (Wildman–Crippen MR) is 82.4 cm³/mol. The first-order valence-electron chi connectivity index (χ1n) is 7.59. The second-order valence-corrected chi connectivity index (χ2v) is 7.69. The maximum atomic E-state index is 12.9. The number of nitrogens with zero attached hydrogens (tertiary/aromatic N) is 2. The fourth-order valence-electron chi connectivity index (χ4n) is 3.20. The molecule has 6 heteroatoms. The molecular formula is C15H22N2O3S. The number of anilines is 1. The average molecular weight is 310 g/mol. The highest BCUT2D eigenvalue weighted by atomic mass is 32.2. The van der Waals surface area contributed by atoms with Crippen molar-refractivity contribution in [1.82, 2.24) is 4.31 Å². The molecule has 1 aromatic carbocycles. The molecule has 0 spiro atoms. The van der Waals surface area contributed by atoms with Gasteiger partial charge in [0.2, 0.25) is 0 Å². The van der Waals surface area contributed by atoms with Crippen molar-refractivity contribution in [3.8, 4) is 0 Å². The highest BCUT2D eigenvalue weighted by Crippen LogP contribution is 2.31. The maximum Gasteiger partial charge on any atom is 0.304 e. The molecule has 2 aliphatic rings. The molecule has 2 heterocycles. The highest BCUT2D eigenvalue weighted by molar-refractivity contribution is 7.90. The second kappa shape index (κ2) is 5.94. The molecule has 1 aromatic rings. The molecule has 0 saturated carbocycles. The monoisotopic (exact) mass is 310 g/mol. The zero-order valence-electron chi connectivity index (χ0n) is 12.1. The quantitative estimate of drug-likeness (QED) is 0.918. The second-order valence-electron chi connectivity index (χ2n) is 5.84. The number of hydrogen-bond donors (Lipinski definition) is 1. The first kappa shape index (κ1) is 14.8. The lowest BCUT2D eigenvalue weighted by molar-refractivity contribution is 0.170. The van der Waals surface area contributed by atoms with Crippen LogP contribution in [0.2, 0.25) is 0 Å². The Balaban J connectivity index is 1.83. The van der Waals surface area contributed by atoms with Crippen molar-refractivity contribution in [2.24, 2.45) is 5.92 Å². The summed E-state index contributed by atoms with van der Waals surface area (Å²) in [5.41, 5.74) is 1.94. The van der Waals surface area contributed by atoms with Crippen molar-refractivity contribution in [1.29, 1.82) is 0 Å². The SMILES string of the molecule is O=S(=O)(N1CCC(CO)CC1)N1CCCc2ccccc21. The van der Waals surface area contributed by atoms with Crippen LogP contribution in [-0.2, 0) is 16.6 Å². The van der Waals surface area contributed by atoms with Gasteiger partial charge < -0.3 is 5.11 Å². The normalized spacial score (nSPS) is 21.3. The van der Waals surface area contributed by atoms with Crippen molar-refractivity contribution in [3.05, 3.63) is 29.8 Å². The standard InChI is InChI=1S/C15H22N2O3S/c18-12-13-7-10-16(11-8-13)21(19,20)17-9-3-5-14-4-1-2-6-15(14)17/h1-2,4,6,13,18H,3,5,7-12H2. The summed E-state index contributed by atoms with van der Waals surface area (Å²) < 4.78 is 28.9. The van der Waals surface area contributed by atoms with E-state index in [1.165, 1.54) is 0 Å². The van der Waals surface area contributed by atoms with Crippen LogP contribution in [0.3, 0.4) is 0 Å². The molecular weight excluding hydrogens is 288 g/mol. The number of fused-ring (bicyclic) bond motifs is 1. The lowest BCUT2D eigenvalue weighted by atomic mass is 10.00. The summed E-state index contributed by atoms with van der Waals surface area (Å²) in [6, 6.07) is 7.76. The Morgan fingerprint density at radius 1 is 1.14 bits per heavy atom. The Morgan fingerprint density at radius 3 is 2.57 bits per heavy atom. The third-order valence-corrected chi connectivity index (χ3v) is 6.46. The zero-order valence-corrected chi connectivity index (χ0v) is 12.9. The molecule has 0 aromatic heterocycles. The number of aliphatic hydroxyl groups excluding tert-OH is 1. The summed E-state index contributed by atoms with van der Waals surface area (Å²) in [5, 5.41) is 9.18. The van der Waals surface area contributed by atoms with E-state index in [4.69, 9.17) is 0 Å². The lowest BCUT2D eigenvalue weighted by Crippen LogP contribution is -2.49. The van der Waals surface area contributed by atoms with Crippen LogP contribution in [0.25, 0.3) is 0 Å². The zero-order chi connectivity index (χ0) is 14.9. The first-order valence-corrected chi connectivity index (χ1v) is 8.99. The Morgan fingerprint density at radius 2 is 1.86 bits per heavy atom. The van der Waals surface area contributed by atoms with Crippen molar-refractivity contribution in [3.63, 3.8) is 0 Å². The largest absolute Gasteiger partial charge is 0.396 e. The van der Waals surface area contributed by atoms with E-state index in [-0.39, 0.29) is 12.5 Å². The number of piperidine rings is 1. The molecule has 0 amide bonds. The first-order chi connectivity index (χ1) is 10.1. The molecule has 5 nitrogen and oxygen atoms in total. The fourth-order valence-corrected chi connectivity index (χ4v) is 4.94. The topological polar surface area (TPSA) is 60.9 Å².